The maximum atomic E-state index is 9.27. The first-order chi connectivity index (χ1) is 9.74. The van der Waals surface area contributed by atoms with Gasteiger partial charge in [0.2, 0.25) is 0 Å². The van der Waals surface area contributed by atoms with Gasteiger partial charge in [-0.05, 0) is 23.4 Å². The van der Waals surface area contributed by atoms with Crippen LogP contribution < -0.4 is 16.7 Å². The van der Waals surface area contributed by atoms with Crippen molar-refractivity contribution in [2.45, 2.75) is 13.5 Å². The van der Waals surface area contributed by atoms with E-state index in [1.165, 1.54) is 5.56 Å². The monoisotopic (exact) mass is 269 g/mol. The van der Waals surface area contributed by atoms with Gasteiger partial charge in [0.05, 0.1) is 6.61 Å². The second-order valence-electron chi connectivity index (χ2n) is 4.85. The van der Waals surface area contributed by atoms with Crippen molar-refractivity contribution in [2.24, 2.45) is 5.73 Å². The van der Waals surface area contributed by atoms with Gasteiger partial charge in [0.1, 0.15) is 0 Å². The number of rotatable bonds is 6. The summed E-state index contributed by atoms with van der Waals surface area (Å²) in [6.45, 7) is 2.94. The summed E-state index contributed by atoms with van der Waals surface area (Å²) in [7, 11) is 0. The van der Waals surface area contributed by atoms with Crippen molar-refractivity contribution in [3.63, 3.8) is 0 Å². The first-order valence-electron chi connectivity index (χ1n) is 6.82. The first kappa shape index (κ1) is 14.8. The van der Waals surface area contributed by atoms with Gasteiger partial charge in [-0.3, -0.25) is 0 Å². The van der Waals surface area contributed by atoms with Crippen molar-refractivity contribution in [3.8, 4) is 0 Å². The Hall–Kier alpha value is -1.62. The van der Waals surface area contributed by atoms with Crippen LogP contribution in [0.2, 0.25) is 0 Å². The Bertz CT molecular complexity index is 542. The third kappa shape index (κ3) is 3.70. The molecule has 3 nitrogen and oxygen atoms in total. The molecule has 2 aromatic carbocycles. The molecule has 0 heterocycles. The van der Waals surface area contributed by atoms with Crippen molar-refractivity contribution in [2.75, 3.05) is 13.2 Å². The molecule has 0 bridgehead atoms. The number of aliphatic hydroxyl groups excluding tert-OH is 1. The second kappa shape index (κ2) is 7.24. The molecule has 4 heteroatoms. The summed E-state index contributed by atoms with van der Waals surface area (Å²) in [5, 5.41) is 9.27. The summed E-state index contributed by atoms with van der Waals surface area (Å²) in [5.74, 6) is 0. The Morgan fingerprint density at radius 1 is 1.10 bits per heavy atom. The molecule has 0 atom stereocenters. The SMILES string of the molecule is Cc1ccc(B(OCCN)c2cccc(CO)c2)cc1. The number of aliphatic hydroxyl groups is 1. The van der Waals surface area contributed by atoms with Crippen LogP contribution in [0, 0.1) is 6.92 Å². The first-order valence-corrected chi connectivity index (χ1v) is 6.82. The zero-order valence-corrected chi connectivity index (χ0v) is 11.8. The van der Waals surface area contributed by atoms with Crippen LogP contribution in [0.5, 0.6) is 0 Å². The summed E-state index contributed by atoms with van der Waals surface area (Å²) < 4.78 is 5.90. The summed E-state index contributed by atoms with van der Waals surface area (Å²) in [4.78, 5) is 0. The molecule has 0 radical (unpaired) electrons. The lowest BCUT2D eigenvalue weighted by Gasteiger charge is -2.16. The third-order valence-corrected chi connectivity index (χ3v) is 3.22. The molecule has 20 heavy (non-hydrogen) atoms. The second-order valence-corrected chi connectivity index (χ2v) is 4.85. The van der Waals surface area contributed by atoms with Gasteiger partial charge in [-0.25, -0.2) is 0 Å². The molecule has 0 aliphatic heterocycles. The van der Waals surface area contributed by atoms with Gasteiger partial charge in [0, 0.05) is 13.2 Å². The van der Waals surface area contributed by atoms with Crippen LogP contribution in [0.1, 0.15) is 11.1 Å². The Morgan fingerprint density at radius 2 is 1.85 bits per heavy atom. The molecule has 3 N–H and O–H groups in total. The zero-order valence-electron chi connectivity index (χ0n) is 11.8. The molecule has 0 fully saturated rings. The molecule has 0 aliphatic rings. The highest BCUT2D eigenvalue weighted by atomic mass is 16.4. The van der Waals surface area contributed by atoms with E-state index in [9.17, 15) is 5.11 Å². The lowest BCUT2D eigenvalue weighted by atomic mass is 9.55. The van der Waals surface area contributed by atoms with Crippen molar-refractivity contribution >= 4 is 17.8 Å². The fraction of sp³-hybridized carbons (Fsp3) is 0.250. The van der Waals surface area contributed by atoms with Crippen LogP contribution in [0.4, 0.5) is 0 Å². The molecule has 0 spiro atoms. The van der Waals surface area contributed by atoms with E-state index in [4.69, 9.17) is 10.4 Å². The summed E-state index contributed by atoms with van der Waals surface area (Å²) in [5.41, 5.74) is 9.78. The quantitative estimate of drug-likeness (QED) is 0.754. The summed E-state index contributed by atoms with van der Waals surface area (Å²) in [6, 6.07) is 16.1. The normalized spacial score (nSPS) is 10.6. The molecule has 104 valence electrons. The summed E-state index contributed by atoms with van der Waals surface area (Å²) >= 11 is 0. The van der Waals surface area contributed by atoms with Crippen LogP contribution in [0.3, 0.4) is 0 Å². The molecule has 0 amide bonds. The highest BCUT2D eigenvalue weighted by Gasteiger charge is 2.21. The van der Waals surface area contributed by atoms with Crippen LogP contribution in [0.15, 0.2) is 48.5 Å². The molecule has 0 unspecified atom stereocenters. The minimum Gasteiger partial charge on any atom is -0.426 e. The van der Waals surface area contributed by atoms with Crippen molar-refractivity contribution < 1.29 is 9.76 Å². The molecule has 2 rings (SSSR count). The molecular weight excluding hydrogens is 249 g/mol. The van der Waals surface area contributed by atoms with E-state index in [2.05, 4.69) is 31.2 Å². The molecule has 2 aromatic rings. The number of hydrogen-bond donors (Lipinski definition) is 2. The number of aryl methyl sites for hydroxylation is 1. The number of nitrogens with two attached hydrogens (primary N) is 1. The smallest absolute Gasteiger partial charge is 0.361 e. The lowest BCUT2D eigenvalue weighted by molar-refractivity contribution is 0.282. The van der Waals surface area contributed by atoms with Crippen LogP contribution in [0.25, 0.3) is 0 Å². The van der Waals surface area contributed by atoms with E-state index in [1.807, 2.05) is 24.3 Å². The highest BCUT2D eigenvalue weighted by molar-refractivity contribution is 6.80. The van der Waals surface area contributed by atoms with Crippen LogP contribution in [-0.4, -0.2) is 25.2 Å². The fourth-order valence-corrected chi connectivity index (χ4v) is 2.17. The molecule has 0 aromatic heterocycles. The predicted molar refractivity (Wildman–Crippen MR) is 83.6 cm³/mol. The van der Waals surface area contributed by atoms with E-state index < -0.39 is 0 Å². The third-order valence-electron chi connectivity index (χ3n) is 3.22. The van der Waals surface area contributed by atoms with Gasteiger partial charge in [0.25, 0.3) is 0 Å². The van der Waals surface area contributed by atoms with E-state index in [1.54, 1.807) is 0 Å². The molecule has 0 saturated carbocycles. The summed E-state index contributed by atoms with van der Waals surface area (Å²) in [6.07, 6.45) is 0. The average Bonchev–Trinajstić information content (AvgIpc) is 2.49. The average molecular weight is 269 g/mol. The van der Waals surface area contributed by atoms with E-state index >= 15 is 0 Å². The molecule has 0 aliphatic carbocycles. The Morgan fingerprint density at radius 3 is 2.50 bits per heavy atom. The minimum atomic E-state index is -0.148. The highest BCUT2D eigenvalue weighted by Crippen LogP contribution is 2.01. The van der Waals surface area contributed by atoms with Crippen molar-refractivity contribution in [1.82, 2.24) is 0 Å². The Labute approximate surface area is 120 Å². The van der Waals surface area contributed by atoms with Gasteiger partial charge in [-0.15, -0.1) is 0 Å². The minimum absolute atomic E-state index is 0.0331. The molecular formula is C16H20BNO2. The van der Waals surface area contributed by atoms with Crippen molar-refractivity contribution in [1.29, 1.82) is 0 Å². The topological polar surface area (TPSA) is 55.5 Å². The zero-order chi connectivity index (χ0) is 14.4. The van der Waals surface area contributed by atoms with Gasteiger partial charge in [-0.1, -0.05) is 54.1 Å². The Kier molecular flexibility index (Phi) is 5.36. The number of benzene rings is 2. The predicted octanol–water partition coefficient (Wildman–Crippen LogP) is 0.568. The van der Waals surface area contributed by atoms with Crippen LogP contribution >= 0.6 is 0 Å². The maximum Gasteiger partial charge on any atom is 0.361 e. The van der Waals surface area contributed by atoms with E-state index in [0.717, 1.165) is 16.5 Å². The maximum absolute atomic E-state index is 9.27. The van der Waals surface area contributed by atoms with Gasteiger partial charge < -0.3 is 15.5 Å². The van der Waals surface area contributed by atoms with Gasteiger partial charge >= 0.3 is 6.92 Å². The fourth-order valence-electron chi connectivity index (χ4n) is 2.17. The van der Waals surface area contributed by atoms with E-state index in [-0.39, 0.29) is 13.5 Å². The van der Waals surface area contributed by atoms with Gasteiger partial charge in [0.15, 0.2) is 0 Å². The lowest BCUT2D eigenvalue weighted by Crippen LogP contribution is -2.46. The van der Waals surface area contributed by atoms with Crippen LogP contribution in [-0.2, 0) is 11.3 Å². The largest absolute Gasteiger partial charge is 0.426 e. The van der Waals surface area contributed by atoms with E-state index in [0.29, 0.717) is 13.2 Å². The van der Waals surface area contributed by atoms with Gasteiger partial charge in [-0.2, -0.15) is 0 Å². The van der Waals surface area contributed by atoms with Crippen molar-refractivity contribution in [3.05, 3.63) is 59.7 Å². The Balaban J connectivity index is 2.32. The standard InChI is InChI=1S/C16H20BNO2/c1-13-5-7-15(8-6-13)17(20-10-9-18)16-4-2-3-14(11-16)12-19/h2-8,11,19H,9-10,12,18H2,1H3. The number of hydrogen-bond acceptors (Lipinski definition) is 3. The molecule has 0 saturated heterocycles.